The first kappa shape index (κ1) is 25.1. The standard InChI is InChI=1S/C26H30N2O5S/c1-4-32-23-12-14-24(15-13-23)34(30,31)28(22-8-6-5-7-9-22)19-26(29)27-16-17-33-25-18-20(2)10-11-21(25)3/h5-15,18H,4,16-17,19H2,1-3H3,(H,27,29). The summed E-state index contributed by atoms with van der Waals surface area (Å²) in [6.07, 6.45) is 0. The van der Waals surface area contributed by atoms with Gasteiger partial charge in [0.1, 0.15) is 24.7 Å². The molecule has 3 aromatic rings. The van der Waals surface area contributed by atoms with Crippen LogP contribution in [0.5, 0.6) is 11.5 Å². The Morgan fingerprint density at radius 3 is 2.32 bits per heavy atom. The predicted molar refractivity (Wildman–Crippen MR) is 133 cm³/mol. The van der Waals surface area contributed by atoms with E-state index in [1.807, 2.05) is 39.0 Å². The summed E-state index contributed by atoms with van der Waals surface area (Å²) in [5.74, 6) is 0.912. The van der Waals surface area contributed by atoms with Gasteiger partial charge in [-0.15, -0.1) is 0 Å². The van der Waals surface area contributed by atoms with Crippen molar-refractivity contribution in [3.63, 3.8) is 0 Å². The van der Waals surface area contributed by atoms with Gasteiger partial charge in [-0.05, 0) is 74.4 Å². The summed E-state index contributed by atoms with van der Waals surface area (Å²) in [7, 11) is -3.98. The zero-order chi connectivity index (χ0) is 24.6. The molecule has 0 unspecified atom stereocenters. The quantitative estimate of drug-likeness (QED) is 0.416. The molecule has 0 bridgehead atoms. The summed E-state index contributed by atoms with van der Waals surface area (Å²) < 4.78 is 39.1. The van der Waals surface area contributed by atoms with Gasteiger partial charge >= 0.3 is 0 Å². The highest BCUT2D eigenvalue weighted by Gasteiger charge is 2.27. The van der Waals surface area contributed by atoms with Gasteiger partial charge in [-0.1, -0.05) is 30.3 Å². The molecule has 0 radical (unpaired) electrons. The van der Waals surface area contributed by atoms with E-state index in [-0.39, 0.29) is 24.6 Å². The smallest absolute Gasteiger partial charge is 0.264 e. The molecule has 0 heterocycles. The summed E-state index contributed by atoms with van der Waals surface area (Å²) in [5, 5.41) is 2.75. The van der Waals surface area contributed by atoms with Gasteiger partial charge in [0, 0.05) is 0 Å². The van der Waals surface area contributed by atoms with Crippen molar-refractivity contribution in [2.75, 3.05) is 30.6 Å². The number of sulfonamides is 1. The minimum Gasteiger partial charge on any atom is -0.494 e. The van der Waals surface area contributed by atoms with E-state index < -0.39 is 15.9 Å². The molecular formula is C26H30N2O5S. The Morgan fingerprint density at radius 1 is 0.941 bits per heavy atom. The third-order valence-electron chi connectivity index (χ3n) is 5.08. The van der Waals surface area contributed by atoms with Gasteiger partial charge in [-0.2, -0.15) is 0 Å². The largest absolute Gasteiger partial charge is 0.494 e. The van der Waals surface area contributed by atoms with Crippen LogP contribution in [-0.2, 0) is 14.8 Å². The van der Waals surface area contributed by atoms with Gasteiger partial charge < -0.3 is 14.8 Å². The number of aryl methyl sites for hydroxylation is 2. The molecule has 0 atom stereocenters. The average molecular weight is 483 g/mol. The Bertz CT molecular complexity index is 1200. The summed E-state index contributed by atoms with van der Waals surface area (Å²) in [4.78, 5) is 12.8. The third kappa shape index (κ3) is 6.51. The second-order valence-corrected chi connectivity index (χ2v) is 9.58. The van der Waals surface area contributed by atoms with E-state index >= 15 is 0 Å². The molecule has 0 aromatic heterocycles. The number of rotatable bonds is 11. The van der Waals surface area contributed by atoms with Crippen molar-refractivity contribution in [1.29, 1.82) is 0 Å². The Balaban J connectivity index is 1.68. The minimum atomic E-state index is -3.98. The van der Waals surface area contributed by atoms with Crippen molar-refractivity contribution in [2.45, 2.75) is 25.7 Å². The number of hydrogen-bond acceptors (Lipinski definition) is 5. The molecule has 0 aliphatic carbocycles. The second kappa shape index (κ2) is 11.6. The number of ether oxygens (including phenoxy) is 2. The van der Waals surface area contributed by atoms with Crippen LogP contribution < -0.4 is 19.1 Å². The minimum absolute atomic E-state index is 0.0749. The van der Waals surface area contributed by atoms with E-state index in [2.05, 4.69) is 5.32 Å². The number of hydrogen-bond donors (Lipinski definition) is 1. The SMILES string of the molecule is CCOc1ccc(S(=O)(=O)N(CC(=O)NCCOc2cc(C)ccc2C)c2ccccc2)cc1. The lowest BCUT2D eigenvalue weighted by atomic mass is 10.1. The maximum atomic E-state index is 13.4. The van der Waals surface area contributed by atoms with Gasteiger partial charge in [0.15, 0.2) is 0 Å². The molecule has 180 valence electrons. The van der Waals surface area contributed by atoms with Crippen LogP contribution in [0.3, 0.4) is 0 Å². The highest BCUT2D eigenvalue weighted by molar-refractivity contribution is 7.92. The summed E-state index contributed by atoms with van der Waals surface area (Å²) in [6.45, 7) is 6.44. The van der Waals surface area contributed by atoms with Crippen LogP contribution >= 0.6 is 0 Å². The van der Waals surface area contributed by atoms with E-state index in [1.54, 1.807) is 42.5 Å². The molecule has 0 fully saturated rings. The lowest BCUT2D eigenvalue weighted by Crippen LogP contribution is -2.41. The number of para-hydroxylation sites is 1. The summed E-state index contributed by atoms with van der Waals surface area (Å²) in [6, 6.07) is 20.6. The Morgan fingerprint density at radius 2 is 1.65 bits per heavy atom. The van der Waals surface area contributed by atoms with Crippen molar-refractivity contribution in [1.82, 2.24) is 5.32 Å². The molecule has 1 N–H and O–H groups in total. The number of benzene rings is 3. The molecule has 7 nitrogen and oxygen atoms in total. The number of carbonyl (C=O) groups excluding carboxylic acids is 1. The van der Waals surface area contributed by atoms with Gasteiger partial charge in [0.2, 0.25) is 5.91 Å². The van der Waals surface area contributed by atoms with Crippen molar-refractivity contribution < 1.29 is 22.7 Å². The topological polar surface area (TPSA) is 84.9 Å². The van der Waals surface area contributed by atoms with E-state index in [9.17, 15) is 13.2 Å². The lowest BCUT2D eigenvalue weighted by molar-refractivity contribution is -0.119. The normalized spacial score (nSPS) is 11.0. The zero-order valence-corrected chi connectivity index (χ0v) is 20.5. The molecule has 0 saturated carbocycles. The Kier molecular flexibility index (Phi) is 8.54. The van der Waals surface area contributed by atoms with Crippen LogP contribution in [0.4, 0.5) is 5.69 Å². The second-order valence-electron chi connectivity index (χ2n) is 7.72. The van der Waals surface area contributed by atoms with E-state index in [4.69, 9.17) is 9.47 Å². The van der Waals surface area contributed by atoms with Crippen LogP contribution in [0.2, 0.25) is 0 Å². The number of amides is 1. The van der Waals surface area contributed by atoms with Crippen LogP contribution in [0.25, 0.3) is 0 Å². The molecule has 3 aromatic carbocycles. The van der Waals surface area contributed by atoms with Gasteiger partial charge in [0.05, 0.1) is 23.7 Å². The maximum absolute atomic E-state index is 13.4. The molecule has 34 heavy (non-hydrogen) atoms. The molecule has 0 aliphatic heterocycles. The first-order valence-corrected chi connectivity index (χ1v) is 12.5. The highest BCUT2D eigenvalue weighted by Crippen LogP contribution is 2.25. The van der Waals surface area contributed by atoms with Crippen molar-refractivity contribution in [2.24, 2.45) is 0 Å². The molecule has 1 amide bonds. The average Bonchev–Trinajstić information content (AvgIpc) is 2.83. The van der Waals surface area contributed by atoms with Crippen molar-refractivity contribution >= 4 is 21.6 Å². The zero-order valence-electron chi connectivity index (χ0n) is 19.7. The number of nitrogens with zero attached hydrogens (tertiary/aromatic N) is 1. The van der Waals surface area contributed by atoms with Crippen LogP contribution in [0, 0.1) is 13.8 Å². The molecule has 8 heteroatoms. The Labute approximate surface area is 201 Å². The van der Waals surface area contributed by atoms with Crippen LogP contribution in [0.1, 0.15) is 18.1 Å². The van der Waals surface area contributed by atoms with E-state index in [1.165, 1.54) is 12.1 Å². The molecular weight excluding hydrogens is 452 g/mol. The lowest BCUT2D eigenvalue weighted by Gasteiger charge is -2.24. The fourth-order valence-corrected chi connectivity index (χ4v) is 4.73. The number of nitrogens with one attached hydrogen (secondary N) is 1. The predicted octanol–water partition coefficient (Wildman–Crippen LogP) is 4.09. The van der Waals surface area contributed by atoms with Crippen molar-refractivity contribution in [3.8, 4) is 11.5 Å². The summed E-state index contributed by atoms with van der Waals surface area (Å²) >= 11 is 0. The van der Waals surface area contributed by atoms with Gasteiger partial charge in [0.25, 0.3) is 10.0 Å². The fraction of sp³-hybridized carbons (Fsp3) is 0.269. The van der Waals surface area contributed by atoms with Crippen LogP contribution in [-0.4, -0.2) is 40.6 Å². The molecule has 0 spiro atoms. The Hall–Kier alpha value is -3.52. The van der Waals surface area contributed by atoms with E-state index in [0.29, 0.717) is 18.0 Å². The first-order chi connectivity index (χ1) is 16.3. The first-order valence-electron chi connectivity index (χ1n) is 11.1. The molecule has 3 rings (SSSR count). The van der Waals surface area contributed by atoms with Gasteiger partial charge in [-0.3, -0.25) is 9.10 Å². The molecule has 0 saturated heterocycles. The van der Waals surface area contributed by atoms with E-state index in [0.717, 1.165) is 21.2 Å². The maximum Gasteiger partial charge on any atom is 0.264 e. The molecule has 0 aliphatic rings. The van der Waals surface area contributed by atoms with Crippen LogP contribution in [0.15, 0.2) is 77.7 Å². The number of carbonyl (C=O) groups is 1. The fourth-order valence-electron chi connectivity index (χ4n) is 3.31. The van der Waals surface area contributed by atoms with Gasteiger partial charge in [-0.25, -0.2) is 8.42 Å². The number of anilines is 1. The van der Waals surface area contributed by atoms with Crippen molar-refractivity contribution in [3.05, 3.63) is 83.9 Å². The summed E-state index contributed by atoms with van der Waals surface area (Å²) in [5.41, 5.74) is 2.49. The monoisotopic (exact) mass is 482 g/mol. The highest BCUT2D eigenvalue weighted by atomic mass is 32.2. The third-order valence-corrected chi connectivity index (χ3v) is 6.87.